The summed E-state index contributed by atoms with van der Waals surface area (Å²) in [5.41, 5.74) is 3.57. The number of hydrogen-bond donors (Lipinski definition) is 2. The van der Waals surface area contributed by atoms with Crippen molar-refractivity contribution in [3.63, 3.8) is 0 Å². The van der Waals surface area contributed by atoms with Gasteiger partial charge >= 0.3 is 0 Å². The van der Waals surface area contributed by atoms with Crippen LogP contribution in [0.5, 0.6) is 11.5 Å². The SMILES string of the molecule is CN=C(NCc1ccc(CN2CC(C)OC(C)C2)cc1)NCc1ccc(OC)cc1OC. The molecular formula is C25H36N4O3. The molecule has 2 atom stereocenters. The molecule has 0 saturated carbocycles. The second kappa shape index (κ2) is 11.7. The van der Waals surface area contributed by atoms with E-state index in [2.05, 4.69) is 58.6 Å². The Balaban J connectivity index is 1.49. The number of benzene rings is 2. The molecule has 174 valence electrons. The molecule has 0 bridgehead atoms. The smallest absolute Gasteiger partial charge is 0.191 e. The zero-order chi connectivity index (χ0) is 22.9. The maximum Gasteiger partial charge on any atom is 0.191 e. The van der Waals surface area contributed by atoms with Crippen LogP contribution in [0.25, 0.3) is 0 Å². The zero-order valence-electron chi connectivity index (χ0n) is 19.9. The standard InChI is InChI=1S/C25H36N4O3/c1-18-15-29(16-19(2)32-18)17-21-8-6-20(7-9-21)13-27-25(26-3)28-14-22-10-11-23(30-4)12-24(22)31-5/h6-12,18-19H,13-17H2,1-5H3,(H2,26,27,28). The molecule has 32 heavy (non-hydrogen) atoms. The van der Waals surface area contributed by atoms with Crippen LogP contribution in [0, 0.1) is 0 Å². The van der Waals surface area contributed by atoms with Crippen LogP contribution < -0.4 is 20.1 Å². The third-order valence-corrected chi connectivity index (χ3v) is 5.55. The predicted molar refractivity (Wildman–Crippen MR) is 128 cm³/mol. The van der Waals surface area contributed by atoms with E-state index in [-0.39, 0.29) is 0 Å². The van der Waals surface area contributed by atoms with E-state index < -0.39 is 0 Å². The summed E-state index contributed by atoms with van der Waals surface area (Å²) in [6.07, 6.45) is 0.582. The van der Waals surface area contributed by atoms with Crippen LogP contribution in [-0.4, -0.2) is 57.4 Å². The number of guanidine groups is 1. The molecule has 0 aromatic heterocycles. The van der Waals surface area contributed by atoms with Crippen molar-refractivity contribution in [1.82, 2.24) is 15.5 Å². The van der Waals surface area contributed by atoms with Gasteiger partial charge in [0.05, 0.1) is 26.4 Å². The van der Waals surface area contributed by atoms with Gasteiger partial charge in [-0.3, -0.25) is 9.89 Å². The second-order valence-electron chi connectivity index (χ2n) is 8.22. The Morgan fingerprint density at radius 3 is 2.25 bits per heavy atom. The van der Waals surface area contributed by atoms with E-state index in [1.165, 1.54) is 11.1 Å². The average Bonchev–Trinajstić information content (AvgIpc) is 2.79. The highest BCUT2D eigenvalue weighted by molar-refractivity contribution is 5.79. The summed E-state index contributed by atoms with van der Waals surface area (Å²) in [6, 6.07) is 14.6. The molecule has 7 nitrogen and oxygen atoms in total. The van der Waals surface area contributed by atoms with Gasteiger partial charge in [0, 0.05) is 51.4 Å². The van der Waals surface area contributed by atoms with Crippen molar-refractivity contribution in [3.05, 3.63) is 59.2 Å². The molecule has 3 rings (SSSR count). The van der Waals surface area contributed by atoms with Gasteiger partial charge in [0.15, 0.2) is 5.96 Å². The minimum atomic E-state index is 0.291. The van der Waals surface area contributed by atoms with Crippen molar-refractivity contribution < 1.29 is 14.2 Å². The van der Waals surface area contributed by atoms with E-state index in [0.29, 0.717) is 25.3 Å². The Morgan fingerprint density at radius 1 is 0.969 bits per heavy atom. The molecule has 2 aromatic rings. The fraction of sp³-hybridized carbons (Fsp3) is 0.480. The number of morpholine rings is 1. The maximum absolute atomic E-state index is 5.83. The second-order valence-corrected chi connectivity index (χ2v) is 8.22. The summed E-state index contributed by atoms with van der Waals surface area (Å²) in [7, 11) is 5.08. The van der Waals surface area contributed by atoms with Gasteiger partial charge in [-0.25, -0.2) is 0 Å². The van der Waals surface area contributed by atoms with Crippen molar-refractivity contribution in [2.45, 2.75) is 45.7 Å². The molecule has 2 N–H and O–H groups in total. The fourth-order valence-corrected chi connectivity index (χ4v) is 4.02. The molecule has 7 heteroatoms. The van der Waals surface area contributed by atoms with Gasteiger partial charge < -0.3 is 24.8 Å². The number of hydrogen-bond acceptors (Lipinski definition) is 5. The zero-order valence-corrected chi connectivity index (χ0v) is 19.9. The van der Waals surface area contributed by atoms with Crippen LogP contribution >= 0.6 is 0 Å². The Morgan fingerprint density at radius 2 is 1.62 bits per heavy atom. The molecule has 0 amide bonds. The third-order valence-electron chi connectivity index (χ3n) is 5.55. The number of ether oxygens (including phenoxy) is 3. The fourth-order valence-electron chi connectivity index (χ4n) is 4.02. The third kappa shape index (κ3) is 6.87. The Bertz CT molecular complexity index is 875. The first kappa shape index (κ1) is 23.9. The molecule has 1 aliphatic rings. The van der Waals surface area contributed by atoms with E-state index in [1.54, 1.807) is 21.3 Å². The average molecular weight is 441 g/mol. The maximum atomic E-state index is 5.83. The largest absolute Gasteiger partial charge is 0.497 e. The molecule has 0 spiro atoms. The lowest BCUT2D eigenvalue weighted by atomic mass is 10.1. The van der Waals surface area contributed by atoms with E-state index >= 15 is 0 Å². The van der Waals surface area contributed by atoms with Crippen LogP contribution in [0.3, 0.4) is 0 Å². The Labute approximate surface area is 191 Å². The molecule has 1 heterocycles. The minimum Gasteiger partial charge on any atom is -0.497 e. The summed E-state index contributed by atoms with van der Waals surface area (Å²) in [6.45, 7) is 8.50. The lowest BCUT2D eigenvalue weighted by Crippen LogP contribution is -2.44. The quantitative estimate of drug-likeness (QED) is 0.486. The van der Waals surface area contributed by atoms with Crippen molar-refractivity contribution in [2.75, 3.05) is 34.4 Å². The van der Waals surface area contributed by atoms with Crippen molar-refractivity contribution >= 4 is 5.96 Å². The minimum absolute atomic E-state index is 0.291. The van der Waals surface area contributed by atoms with Gasteiger partial charge in [-0.2, -0.15) is 0 Å². The number of rotatable bonds is 8. The molecule has 2 unspecified atom stereocenters. The number of aliphatic imine (C=N–C) groups is 1. The molecule has 2 aromatic carbocycles. The van der Waals surface area contributed by atoms with Crippen LogP contribution in [0.15, 0.2) is 47.5 Å². The monoisotopic (exact) mass is 440 g/mol. The molecule has 0 radical (unpaired) electrons. The summed E-state index contributed by atoms with van der Waals surface area (Å²) in [5, 5.41) is 6.72. The van der Waals surface area contributed by atoms with Crippen LogP contribution in [0.1, 0.15) is 30.5 Å². The number of nitrogens with one attached hydrogen (secondary N) is 2. The first-order chi connectivity index (χ1) is 15.5. The van der Waals surface area contributed by atoms with Crippen LogP contribution in [0.4, 0.5) is 0 Å². The number of methoxy groups -OCH3 is 2. The highest BCUT2D eigenvalue weighted by atomic mass is 16.5. The first-order valence-electron chi connectivity index (χ1n) is 11.1. The molecule has 0 aliphatic carbocycles. The van der Waals surface area contributed by atoms with Gasteiger partial charge in [0.25, 0.3) is 0 Å². The van der Waals surface area contributed by atoms with E-state index in [4.69, 9.17) is 14.2 Å². The summed E-state index contributed by atoms with van der Waals surface area (Å²) >= 11 is 0. The molecular weight excluding hydrogens is 404 g/mol. The first-order valence-corrected chi connectivity index (χ1v) is 11.1. The van der Waals surface area contributed by atoms with E-state index in [1.807, 2.05) is 18.2 Å². The number of nitrogens with zero attached hydrogens (tertiary/aromatic N) is 2. The lowest BCUT2D eigenvalue weighted by Gasteiger charge is -2.35. The topological polar surface area (TPSA) is 67.4 Å². The Kier molecular flexibility index (Phi) is 8.76. The molecule has 1 fully saturated rings. The van der Waals surface area contributed by atoms with Crippen molar-refractivity contribution in [2.24, 2.45) is 4.99 Å². The van der Waals surface area contributed by atoms with Crippen LogP contribution in [0.2, 0.25) is 0 Å². The summed E-state index contributed by atoms with van der Waals surface area (Å²) in [5.74, 6) is 2.30. The summed E-state index contributed by atoms with van der Waals surface area (Å²) in [4.78, 5) is 6.79. The highest BCUT2D eigenvalue weighted by Crippen LogP contribution is 2.24. The van der Waals surface area contributed by atoms with Gasteiger partial charge in [0.2, 0.25) is 0 Å². The van der Waals surface area contributed by atoms with Gasteiger partial charge in [-0.1, -0.05) is 24.3 Å². The lowest BCUT2D eigenvalue weighted by molar-refractivity contribution is -0.0704. The van der Waals surface area contributed by atoms with Gasteiger partial charge in [-0.05, 0) is 37.1 Å². The Hall–Kier alpha value is -2.77. The molecule has 1 saturated heterocycles. The molecule has 1 aliphatic heterocycles. The normalized spacial score (nSPS) is 19.5. The predicted octanol–water partition coefficient (Wildman–Crippen LogP) is 3.18. The van der Waals surface area contributed by atoms with Gasteiger partial charge in [0.1, 0.15) is 11.5 Å². The van der Waals surface area contributed by atoms with Crippen LogP contribution in [-0.2, 0) is 24.4 Å². The van der Waals surface area contributed by atoms with E-state index in [0.717, 1.165) is 42.7 Å². The van der Waals surface area contributed by atoms with E-state index in [9.17, 15) is 0 Å². The van der Waals surface area contributed by atoms with Crippen molar-refractivity contribution in [1.29, 1.82) is 0 Å². The van der Waals surface area contributed by atoms with Crippen molar-refractivity contribution in [3.8, 4) is 11.5 Å². The van der Waals surface area contributed by atoms with Gasteiger partial charge in [-0.15, -0.1) is 0 Å². The summed E-state index contributed by atoms with van der Waals surface area (Å²) < 4.78 is 16.6. The highest BCUT2D eigenvalue weighted by Gasteiger charge is 2.21.